The van der Waals surface area contributed by atoms with Crippen LogP contribution in [0.15, 0.2) is 18.2 Å². The van der Waals surface area contributed by atoms with E-state index in [2.05, 4.69) is 4.90 Å². The van der Waals surface area contributed by atoms with E-state index in [0.717, 1.165) is 0 Å². The van der Waals surface area contributed by atoms with Gasteiger partial charge in [0.05, 0.1) is 12.7 Å². The van der Waals surface area contributed by atoms with Crippen LogP contribution >= 0.6 is 0 Å². The quantitative estimate of drug-likeness (QED) is 0.857. The monoisotopic (exact) mass is 324 g/mol. The first-order valence-electron chi connectivity index (χ1n) is 8.05. The van der Waals surface area contributed by atoms with Crippen molar-refractivity contribution in [2.75, 3.05) is 45.9 Å². The lowest BCUT2D eigenvalue weighted by atomic mass is 10.1. The third kappa shape index (κ3) is 4.99. The largest absolute Gasteiger partial charge is 0.389 e. The number of aliphatic hydroxyl groups is 1. The molecule has 0 radical (unpaired) electrons. The molecule has 5 nitrogen and oxygen atoms in total. The third-order valence-corrected chi connectivity index (χ3v) is 4.06. The average Bonchev–Trinajstić information content (AvgIpc) is 2.55. The molecule has 1 aromatic carbocycles. The summed E-state index contributed by atoms with van der Waals surface area (Å²) in [5.41, 5.74) is 0.924. The Kier molecular flexibility index (Phi) is 6.50. The Balaban J connectivity index is 1.83. The predicted molar refractivity (Wildman–Crippen MR) is 86.0 cm³/mol. The number of rotatable bonds is 6. The topological polar surface area (TPSA) is 53.0 Å². The number of aliphatic hydroxyl groups excluding tert-OH is 1. The zero-order chi connectivity index (χ0) is 16.8. The van der Waals surface area contributed by atoms with Crippen LogP contribution in [0.2, 0.25) is 0 Å². The van der Waals surface area contributed by atoms with Gasteiger partial charge in [-0.25, -0.2) is 4.39 Å². The van der Waals surface area contributed by atoms with E-state index in [1.165, 1.54) is 6.07 Å². The summed E-state index contributed by atoms with van der Waals surface area (Å²) in [5.74, 6) is -0.494. The van der Waals surface area contributed by atoms with Crippen molar-refractivity contribution in [2.45, 2.75) is 20.0 Å². The van der Waals surface area contributed by atoms with E-state index in [1.54, 1.807) is 24.0 Å². The van der Waals surface area contributed by atoms with Gasteiger partial charge in [0.1, 0.15) is 5.82 Å². The van der Waals surface area contributed by atoms with Gasteiger partial charge >= 0.3 is 0 Å². The van der Waals surface area contributed by atoms with Crippen molar-refractivity contribution in [2.24, 2.45) is 0 Å². The summed E-state index contributed by atoms with van der Waals surface area (Å²) in [4.78, 5) is 16.3. The van der Waals surface area contributed by atoms with Crippen LogP contribution in [0.3, 0.4) is 0 Å². The maximum Gasteiger partial charge on any atom is 0.254 e. The summed E-state index contributed by atoms with van der Waals surface area (Å²) in [7, 11) is 0. The molecule has 0 aromatic heterocycles. The Bertz CT molecular complexity index is 531. The molecular weight excluding hydrogens is 299 g/mol. The van der Waals surface area contributed by atoms with Crippen LogP contribution in [-0.2, 0) is 4.74 Å². The van der Waals surface area contributed by atoms with Gasteiger partial charge in [-0.15, -0.1) is 0 Å². The number of β-amino-alcohol motifs (C(OH)–C–C–N with tert-alkyl or cyclic N) is 1. The summed E-state index contributed by atoms with van der Waals surface area (Å²) < 4.78 is 18.8. The Morgan fingerprint density at radius 3 is 2.65 bits per heavy atom. The van der Waals surface area contributed by atoms with Crippen molar-refractivity contribution in [3.63, 3.8) is 0 Å². The number of benzene rings is 1. The minimum absolute atomic E-state index is 0.140. The molecule has 2 rings (SSSR count). The van der Waals surface area contributed by atoms with E-state index >= 15 is 0 Å². The fourth-order valence-electron chi connectivity index (χ4n) is 2.65. The molecule has 1 atom stereocenters. The lowest BCUT2D eigenvalue weighted by molar-refractivity contribution is 0.0111. The van der Waals surface area contributed by atoms with Gasteiger partial charge in [0.2, 0.25) is 0 Å². The van der Waals surface area contributed by atoms with Crippen LogP contribution in [0.1, 0.15) is 22.8 Å². The molecule has 1 N–H and O–H groups in total. The van der Waals surface area contributed by atoms with E-state index < -0.39 is 6.10 Å². The van der Waals surface area contributed by atoms with Crippen molar-refractivity contribution < 1.29 is 19.0 Å². The fraction of sp³-hybridized carbons (Fsp3) is 0.588. The average molecular weight is 324 g/mol. The highest BCUT2D eigenvalue weighted by Gasteiger charge is 2.23. The second-order valence-corrected chi connectivity index (χ2v) is 5.87. The number of aryl methyl sites for hydroxylation is 1. The molecule has 1 amide bonds. The highest BCUT2D eigenvalue weighted by atomic mass is 19.1. The molecule has 1 aliphatic rings. The molecule has 0 spiro atoms. The second kappa shape index (κ2) is 8.38. The first-order chi connectivity index (χ1) is 11.0. The van der Waals surface area contributed by atoms with Crippen molar-refractivity contribution in [3.05, 3.63) is 35.1 Å². The summed E-state index contributed by atoms with van der Waals surface area (Å²) in [6, 6.07) is 4.59. The van der Waals surface area contributed by atoms with Crippen LogP contribution in [0.25, 0.3) is 0 Å². The number of carbonyl (C=O) groups excluding carboxylic acids is 1. The highest BCUT2D eigenvalue weighted by molar-refractivity contribution is 5.94. The van der Waals surface area contributed by atoms with Gasteiger partial charge in [0, 0.05) is 44.9 Å². The zero-order valence-electron chi connectivity index (χ0n) is 13.8. The molecule has 1 aliphatic heterocycles. The Morgan fingerprint density at radius 1 is 1.35 bits per heavy atom. The molecule has 1 aromatic rings. The van der Waals surface area contributed by atoms with Crippen LogP contribution in [0.4, 0.5) is 4.39 Å². The standard InChI is InChI=1S/C17H25FN2O3/c1-3-23-12-15(21)11-19-6-8-20(9-7-19)17(22)14-5-4-13(2)16(18)10-14/h4-5,10,15,21H,3,6-9,11-12H2,1-2H3/t15-/m0/s1. The minimum atomic E-state index is -0.511. The molecule has 0 unspecified atom stereocenters. The maximum atomic E-state index is 13.6. The first-order valence-corrected chi connectivity index (χ1v) is 8.05. The first kappa shape index (κ1) is 17.8. The van der Waals surface area contributed by atoms with Crippen molar-refractivity contribution in [1.82, 2.24) is 9.80 Å². The predicted octanol–water partition coefficient (Wildman–Crippen LogP) is 1.29. The van der Waals surface area contributed by atoms with Crippen LogP contribution < -0.4 is 0 Å². The summed E-state index contributed by atoms with van der Waals surface area (Å²) in [6.45, 7) is 7.59. The number of hydrogen-bond donors (Lipinski definition) is 1. The number of nitrogens with zero attached hydrogens (tertiary/aromatic N) is 2. The van der Waals surface area contributed by atoms with E-state index in [4.69, 9.17) is 4.74 Å². The van der Waals surface area contributed by atoms with Gasteiger partial charge < -0.3 is 14.7 Å². The molecule has 1 heterocycles. The van der Waals surface area contributed by atoms with Crippen LogP contribution in [-0.4, -0.2) is 72.9 Å². The highest BCUT2D eigenvalue weighted by Crippen LogP contribution is 2.13. The maximum absolute atomic E-state index is 13.6. The summed E-state index contributed by atoms with van der Waals surface area (Å²) in [6.07, 6.45) is -0.511. The van der Waals surface area contributed by atoms with Crippen LogP contribution in [0, 0.1) is 12.7 Å². The lowest BCUT2D eigenvalue weighted by Crippen LogP contribution is -2.50. The molecule has 1 saturated heterocycles. The number of amides is 1. The van der Waals surface area contributed by atoms with Crippen molar-refractivity contribution >= 4 is 5.91 Å². The lowest BCUT2D eigenvalue weighted by Gasteiger charge is -2.35. The van der Waals surface area contributed by atoms with E-state index in [0.29, 0.717) is 57.1 Å². The minimum Gasteiger partial charge on any atom is -0.389 e. The summed E-state index contributed by atoms with van der Waals surface area (Å²) >= 11 is 0. The molecule has 6 heteroatoms. The smallest absolute Gasteiger partial charge is 0.254 e. The summed E-state index contributed by atoms with van der Waals surface area (Å²) in [5, 5.41) is 9.85. The van der Waals surface area contributed by atoms with Crippen molar-refractivity contribution in [3.8, 4) is 0 Å². The number of piperazine rings is 1. The SMILES string of the molecule is CCOC[C@@H](O)CN1CCN(C(=O)c2ccc(C)c(F)c2)CC1. The fourth-order valence-corrected chi connectivity index (χ4v) is 2.65. The van der Waals surface area contributed by atoms with E-state index in [-0.39, 0.29) is 11.7 Å². The molecule has 1 fully saturated rings. The molecule has 128 valence electrons. The molecule has 0 aliphatic carbocycles. The molecule has 23 heavy (non-hydrogen) atoms. The van der Waals surface area contributed by atoms with Gasteiger partial charge in [0.15, 0.2) is 0 Å². The Hall–Kier alpha value is -1.50. The molecular formula is C17H25FN2O3. The van der Waals surface area contributed by atoms with E-state index in [9.17, 15) is 14.3 Å². The Morgan fingerprint density at radius 2 is 2.04 bits per heavy atom. The van der Waals surface area contributed by atoms with Gasteiger partial charge in [-0.1, -0.05) is 6.07 Å². The number of carbonyl (C=O) groups is 1. The number of hydrogen-bond acceptors (Lipinski definition) is 4. The number of ether oxygens (including phenoxy) is 1. The normalized spacial score (nSPS) is 17.3. The van der Waals surface area contributed by atoms with Gasteiger partial charge in [0.25, 0.3) is 5.91 Å². The number of halogens is 1. The van der Waals surface area contributed by atoms with E-state index in [1.807, 2.05) is 6.92 Å². The second-order valence-electron chi connectivity index (χ2n) is 5.87. The van der Waals surface area contributed by atoms with Gasteiger partial charge in [-0.3, -0.25) is 9.69 Å². The van der Waals surface area contributed by atoms with Gasteiger partial charge in [-0.05, 0) is 31.5 Å². The third-order valence-electron chi connectivity index (χ3n) is 4.06. The Labute approximate surface area is 136 Å². The molecule has 0 bridgehead atoms. The van der Waals surface area contributed by atoms with Crippen LogP contribution in [0.5, 0.6) is 0 Å². The molecule has 0 saturated carbocycles. The van der Waals surface area contributed by atoms with Crippen molar-refractivity contribution in [1.29, 1.82) is 0 Å². The van der Waals surface area contributed by atoms with Gasteiger partial charge in [-0.2, -0.15) is 0 Å². The zero-order valence-corrected chi connectivity index (χ0v) is 13.8.